The van der Waals surface area contributed by atoms with Crippen LogP contribution in [0, 0.1) is 0 Å². The first-order valence-electron chi connectivity index (χ1n) is 5.89. The van der Waals surface area contributed by atoms with E-state index in [1.165, 1.54) is 18.4 Å². The van der Waals surface area contributed by atoms with Gasteiger partial charge in [-0.05, 0) is 43.4 Å². The van der Waals surface area contributed by atoms with Gasteiger partial charge in [0.2, 0.25) is 0 Å². The summed E-state index contributed by atoms with van der Waals surface area (Å²) in [6, 6.07) is 7.04. The molecule has 2 rings (SSSR count). The molecule has 0 aromatic heterocycles. The van der Waals surface area contributed by atoms with Crippen LogP contribution in [-0.2, 0) is 6.42 Å². The van der Waals surface area contributed by atoms with Gasteiger partial charge in [0, 0.05) is 22.1 Å². The topological polar surface area (TPSA) is 12.0 Å². The molecule has 1 saturated carbocycles. The van der Waals surface area contributed by atoms with Crippen LogP contribution in [0.15, 0.2) is 18.2 Å². The molecule has 1 aromatic rings. The molecule has 0 saturated heterocycles. The molecule has 1 atom stereocenters. The second-order valence-electron chi connectivity index (χ2n) is 4.49. The van der Waals surface area contributed by atoms with Gasteiger partial charge in [-0.15, -0.1) is 0 Å². The maximum Gasteiger partial charge on any atom is 0.0453 e. The van der Waals surface area contributed by atoms with Crippen LogP contribution in [0.1, 0.15) is 31.7 Å². The van der Waals surface area contributed by atoms with E-state index in [4.69, 9.17) is 23.2 Å². The van der Waals surface area contributed by atoms with E-state index in [0.29, 0.717) is 11.1 Å². The fourth-order valence-corrected chi connectivity index (χ4v) is 2.34. The van der Waals surface area contributed by atoms with Crippen molar-refractivity contribution in [2.75, 3.05) is 0 Å². The van der Waals surface area contributed by atoms with E-state index < -0.39 is 0 Å². The van der Waals surface area contributed by atoms with Gasteiger partial charge < -0.3 is 5.32 Å². The predicted molar refractivity (Wildman–Crippen MR) is 70.4 cm³/mol. The molecule has 1 nitrogen and oxygen atoms in total. The number of rotatable bonds is 5. The Balaban J connectivity index is 1.99. The molecule has 0 spiro atoms. The molecule has 0 heterocycles. The van der Waals surface area contributed by atoms with Crippen molar-refractivity contribution in [3.63, 3.8) is 0 Å². The summed E-state index contributed by atoms with van der Waals surface area (Å²) in [5.41, 5.74) is 1.19. The van der Waals surface area contributed by atoms with Crippen molar-refractivity contribution in [3.05, 3.63) is 33.8 Å². The van der Waals surface area contributed by atoms with E-state index >= 15 is 0 Å². The molecule has 1 aromatic carbocycles. The average Bonchev–Trinajstić information content (AvgIpc) is 3.04. The van der Waals surface area contributed by atoms with Crippen molar-refractivity contribution in [1.82, 2.24) is 5.32 Å². The van der Waals surface area contributed by atoms with Crippen LogP contribution in [0.2, 0.25) is 10.0 Å². The fourth-order valence-electron chi connectivity index (χ4n) is 1.86. The highest BCUT2D eigenvalue weighted by Crippen LogP contribution is 2.24. The summed E-state index contributed by atoms with van der Waals surface area (Å²) < 4.78 is 0. The number of benzene rings is 1. The first kappa shape index (κ1) is 12.2. The lowest BCUT2D eigenvalue weighted by Gasteiger charge is -2.17. The number of hydrogen-bond acceptors (Lipinski definition) is 1. The zero-order chi connectivity index (χ0) is 11.5. The van der Waals surface area contributed by atoms with Gasteiger partial charge in [0.1, 0.15) is 0 Å². The summed E-state index contributed by atoms with van der Waals surface area (Å²) in [6.45, 7) is 2.21. The van der Waals surface area contributed by atoms with E-state index in [0.717, 1.165) is 23.9 Å². The summed E-state index contributed by atoms with van der Waals surface area (Å²) in [4.78, 5) is 0. The van der Waals surface area contributed by atoms with Crippen molar-refractivity contribution in [1.29, 1.82) is 0 Å². The molecule has 1 aliphatic carbocycles. The second kappa shape index (κ2) is 5.39. The predicted octanol–water partition coefficient (Wildman–Crippen LogP) is 4.07. The highest BCUT2D eigenvalue weighted by Gasteiger charge is 2.24. The van der Waals surface area contributed by atoms with Gasteiger partial charge in [-0.25, -0.2) is 0 Å². The van der Waals surface area contributed by atoms with Crippen LogP contribution in [0.3, 0.4) is 0 Å². The minimum atomic E-state index is 0.533. The smallest absolute Gasteiger partial charge is 0.0453 e. The zero-order valence-electron chi connectivity index (χ0n) is 9.47. The Hall–Kier alpha value is -0.240. The molecule has 0 radical (unpaired) electrons. The number of hydrogen-bond donors (Lipinski definition) is 1. The Morgan fingerprint density at radius 3 is 2.69 bits per heavy atom. The lowest BCUT2D eigenvalue weighted by atomic mass is 10.0. The molecule has 1 aliphatic rings. The third kappa shape index (κ3) is 3.38. The van der Waals surface area contributed by atoms with Gasteiger partial charge in [0.05, 0.1) is 0 Å². The SMILES string of the molecule is CCC(Cc1ccc(Cl)cc1Cl)NC1CC1. The number of nitrogens with one attached hydrogen (secondary N) is 1. The van der Waals surface area contributed by atoms with Crippen LogP contribution in [0.4, 0.5) is 0 Å². The first-order chi connectivity index (χ1) is 7.69. The quantitative estimate of drug-likeness (QED) is 0.839. The molecular weight excluding hydrogens is 241 g/mol. The van der Waals surface area contributed by atoms with Gasteiger partial charge >= 0.3 is 0 Å². The zero-order valence-corrected chi connectivity index (χ0v) is 11.0. The van der Waals surface area contributed by atoms with Gasteiger partial charge in [0.15, 0.2) is 0 Å². The van der Waals surface area contributed by atoms with E-state index in [1.54, 1.807) is 0 Å². The largest absolute Gasteiger partial charge is 0.311 e. The molecule has 0 bridgehead atoms. The third-order valence-electron chi connectivity index (χ3n) is 3.02. The van der Waals surface area contributed by atoms with Crippen molar-refractivity contribution < 1.29 is 0 Å². The van der Waals surface area contributed by atoms with Crippen LogP contribution < -0.4 is 5.32 Å². The summed E-state index contributed by atoms with van der Waals surface area (Å²) in [5, 5.41) is 5.13. The van der Waals surface area contributed by atoms with Gasteiger partial charge in [-0.1, -0.05) is 36.2 Å². The minimum Gasteiger partial charge on any atom is -0.311 e. The highest BCUT2D eigenvalue weighted by atomic mass is 35.5. The van der Waals surface area contributed by atoms with Crippen molar-refractivity contribution >= 4 is 23.2 Å². The molecule has 1 unspecified atom stereocenters. The molecule has 0 aliphatic heterocycles. The molecule has 88 valence electrons. The minimum absolute atomic E-state index is 0.533. The van der Waals surface area contributed by atoms with Crippen LogP contribution in [-0.4, -0.2) is 12.1 Å². The van der Waals surface area contributed by atoms with E-state index in [2.05, 4.69) is 12.2 Å². The second-order valence-corrected chi connectivity index (χ2v) is 5.33. The van der Waals surface area contributed by atoms with Gasteiger partial charge in [-0.3, -0.25) is 0 Å². The maximum absolute atomic E-state index is 6.17. The van der Waals surface area contributed by atoms with Crippen LogP contribution in [0.25, 0.3) is 0 Å². The molecule has 1 N–H and O–H groups in total. The van der Waals surface area contributed by atoms with Crippen molar-refractivity contribution in [2.45, 2.75) is 44.7 Å². The molecule has 1 fully saturated rings. The fraction of sp³-hybridized carbons (Fsp3) is 0.538. The number of halogens is 2. The normalized spacial score (nSPS) is 17.4. The Labute approximate surface area is 107 Å². The lowest BCUT2D eigenvalue weighted by molar-refractivity contribution is 0.492. The first-order valence-corrected chi connectivity index (χ1v) is 6.64. The standard InChI is InChI=1S/C13H17Cl2N/c1-2-11(16-12-5-6-12)7-9-3-4-10(14)8-13(9)15/h3-4,8,11-12,16H,2,5-7H2,1H3. The van der Waals surface area contributed by atoms with Crippen molar-refractivity contribution in [3.8, 4) is 0 Å². The highest BCUT2D eigenvalue weighted by molar-refractivity contribution is 6.35. The Morgan fingerprint density at radius 2 is 2.12 bits per heavy atom. The Bertz CT molecular complexity index is 361. The van der Waals surface area contributed by atoms with E-state index in [9.17, 15) is 0 Å². The molecule has 16 heavy (non-hydrogen) atoms. The molecule has 0 amide bonds. The summed E-state index contributed by atoms with van der Waals surface area (Å²) in [6.07, 6.45) is 4.77. The third-order valence-corrected chi connectivity index (χ3v) is 3.61. The molecular formula is C13H17Cl2N. The summed E-state index contributed by atoms with van der Waals surface area (Å²) in [7, 11) is 0. The van der Waals surface area contributed by atoms with Crippen LogP contribution in [0.5, 0.6) is 0 Å². The molecule has 3 heteroatoms. The summed E-state index contributed by atoms with van der Waals surface area (Å²) in [5.74, 6) is 0. The van der Waals surface area contributed by atoms with Gasteiger partial charge in [0.25, 0.3) is 0 Å². The van der Waals surface area contributed by atoms with Crippen LogP contribution >= 0.6 is 23.2 Å². The Kier molecular flexibility index (Phi) is 4.12. The van der Waals surface area contributed by atoms with Crippen molar-refractivity contribution in [2.24, 2.45) is 0 Å². The van der Waals surface area contributed by atoms with Gasteiger partial charge in [-0.2, -0.15) is 0 Å². The Morgan fingerprint density at radius 1 is 1.38 bits per heavy atom. The van der Waals surface area contributed by atoms with E-state index in [1.807, 2.05) is 18.2 Å². The average molecular weight is 258 g/mol. The monoisotopic (exact) mass is 257 g/mol. The summed E-state index contributed by atoms with van der Waals surface area (Å²) >= 11 is 12.1. The maximum atomic E-state index is 6.17. The lowest BCUT2D eigenvalue weighted by Crippen LogP contribution is -2.32. The van der Waals surface area contributed by atoms with E-state index in [-0.39, 0.29) is 0 Å².